The Morgan fingerprint density at radius 3 is 2.41 bits per heavy atom. The number of hydrogen-bond acceptors (Lipinski definition) is 4. The summed E-state index contributed by atoms with van der Waals surface area (Å²) in [6, 6.07) is 5.19. The smallest absolute Gasteiger partial charge is 0.416 e. The Morgan fingerprint density at radius 1 is 1.16 bits per heavy atom. The molecule has 5 nitrogen and oxygen atoms in total. The second kappa shape index (κ2) is 8.82. The van der Waals surface area contributed by atoms with E-state index in [2.05, 4.69) is 0 Å². The molecule has 1 heterocycles. The predicted molar refractivity (Wildman–Crippen MR) is 110 cm³/mol. The number of benzene rings is 2. The van der Waals surface area contributed by atoms with Gasteiger partial charge < -0.3 is 9.47 Å². The summed E-state index contributed by atoms with van der Waals surface area (Å²) in [6.45, 7) is 4.94. The monoisotopic (exact) mass is 471 g/mol. The van der Waals surface area contributed by atoms with Crippen LogP contribution in [0.3, 0.4) is 0 Å². The third-order valence-corrected chi connectivity index (χ3v) is 4.91. The topological polar surface area (TPSA) is 55.8 Å². The number of rotatable bonds is 5. The van der Waals surface area contributed by atoms with Gasteiger partial charge in [-0.25, -0.2) is 4.39 Å². The highest BCUT2D eigenvalue weighted by Gasteiger charge is 2.36. The minimum atomic E-state index is -4.77. The number of carbonyl (C=O) groups excluding carboxylic acids is 2. The number of hydrogen-bond donors (Lipinski definition) is 0. The van der Waals surface area contributed by atoms with E-state index in [1.54, 1.807) is 20.8 Å². The number of halogens is 5. The zero-order chi connectivity index (χ0) is 23.8. The number of anilines is 1. The fraction of sp³-hybridized carbons (Fsp3) is 0.273. The Morgan fingerprint density at radius 2 is 1.84 bits per heavy atom. The number of carbonyl (C=O) groups is 2. The van der Waals surface area contributed by atoms with E-state index >= 15 is 0 Å². The molecule has 2 aromatic rings. The Bertz CT molecular complexity index is 1100. The van der Waals surface area contributed by atoms with Crippen LogP contribution in [0.4, 0.5) is 23.2 Å². The van der Waals surface area contributed by atoms with Crippen LogP contribution in [0.5, 0.6) is 11.5 Å². The molecule has 0 spiro atoms. The third kappa shape index (κ3) is 4.57. The van der Waals surface area contributed by atoms with E-state index < -0.39 is 40.2 Å². The van der Waals surface area contributed by atoms with Crippen molar-refractivity contribution in [3.8, 4) is 11.5 Å². The van der Waals surface area contributed by atoms with E-state index in [1.807, 2.05) is 0 Å². The van der Waals surface area contributed by atoms with Crippen molar-refractivity contribution in [2.45, 2.75) is 26.9 Å². The van der Waals surface area contributed by atoms with Crippen LogP contribution in [-0.2, 0) is 20.5 Å². The molecule has 1 amide bonds. The number of amides is 1. The van der Waals surface area contributed by atoms with Gasteiger partial charge in [-0.05, 0) is 51.1 Å². The highest BCUT2D eigenvalue weighted by Crippen LogP contribution is 2.43. The first-order valence-electron chi connectivity index (χ1n) is 9.47. The molecule has 0 aromatic heterocycles. The average molecular weight is 472 g/mol. The molecule has 32 heavy (non-hydrogen) atoms. The summed E-state index contributed by atoms with van der Waals surface area (Å²) in [6.07, 6.45) is -4.77. The minimum Gasteiger partial charge on any atom is -0.465 e. The van der Waals surface area contributed by atoms with Gasteiger partial charge in [0.1, 0.15) is 12.3 Å². The maximum Gasteiger partial charge on any atom is 0.416 e. The molecular formula is C22H18ClF4NO4. The van der Waals surface area contributed by atoms with E-state index in [0.29, 0.717) is 34.5 Å². The van der Waals surface area contributed by atoms with Crippen molar-refractivity contribution in [2.24, 2.45) is 0 Å². The normalized spacial score (nSPS) is 13.3. The summed E-state index contributed by atoms with van der Waals surface area (Å²) >= 11 is 5.83. The van der Waals surface area contributed by atoms with Crippen molar-refractivity contribution >= 4 is 34.7 Å². The van der Waals surface area contributed by atoms with Gasteiger partial charge in [0.2, 0.25) is 0 Å². The summed E-state index contributed by atoms with van der Waals surface area (Å²) in [5.74, 6) is -2.81. The maximum atomic E-state index is 14.3. The quantitative estimate of drug-likeness (QED) is 0.305. The van der Waals surface area contributed by atoms with E-state index in [-0.39, 0.29) is 18.9 Å². The molecule has 2 aromatic carbocycles. The number of nitrogens with zero attached hydrogens (tertiary/aromatic N) is 1. The first-order chi connectivity index (χ1) is 14.9. The molecule has 0 atom stereocenters. The Labute approximate surface area is 186 Å². The number of esters is 1. The highest BCUT2D eigenvalue weighted by molar-refractivity contribution is 6.34. The molecule has 0 saturated heterocycles. The molecule has 0 saturated carbocycles. The van der Waals surface area contributed by atoms with Crippen LogP contribution in [0.2, 0.25) is 5.02 Å². The van der Waals surface area contributed by atoms with Crippen LogP contribution < -0.4 is 9.64 Å². The third-order valence-electron chi connectivity index (χ3n) is 4.63. The minimum absolute atomic E-state index is 0.0499. The molecule has 10 heteroatoms. The van der Waals surface area contributed by atoms with Gasteiger partial charge in [-0.3, -0.25) is 14.5 Å². The van der Waals surface area contributed by atoms with Crippen molar-refractivity contribution in [3.05, 3.63) is 57.9 Å². The van der Waals surface area contributed by atoms with Crippen molar-refractivity contribution in [1.29, 1.82) is 0 Å². The number of fused-ring (bicyclic) bond motifs is 1. The van der Waals surface area contributed by atoms with E-state index in [1.165, 1.54) is 23.1 Å². The van der Waals surface area contributed by atoms with Crippen molar-refractivity contribution in [1.82, 2.24) is 0 Å². The molecular weight excluding hydrogens is 454 g/mol. The fourth-order valence-electron chi connectivity index (χ4n) is 3.29. The van der Waals surface area contributed by atoms with Gasteiger partial charge in [0, 0.05) is 11.1 Å². The Hall–Kier alpha value is -3.07. The van der Waals surface area contributed by atoms with Gasteiger partial charge in [-0.1, -0.05) is 17.2 Å². The van der Waals surface area contributed by atoms with E-state index in [0.717, 1.165) is 0 Å². The highest BCUT2D eigenvalue weighted by atomic mass is 35.5. The molecule has 0 N–H and O–H groups in total. The zero-order valence-corrected chi connectivity index (χ0v) is 18.0. The summed E-state index contributed by atoms with van der Waals surface area (Å²) in [5, 5.41) is -0.555. The summed E-state index contributed by atoms with van der Waals surface area (Å²) in [7, 11) is 0. The largest absolute Gasteiger partial charge is 0.465 e. The molecule has 0 bridgehead atoms. The molecule has 0 radical (unpaired) electrons. The number of allylic oxidation sites excluding steroid dienone is 1. The van der Waals surface area contributed by atoms with E-state index in [9.17, 15) is 27.2 Å². The lowest BCUT2D eigenvalue weighted by Crippen LogP contribution is -2.33. The summed E-state index contributed by atoms with van der Waals surface area (Å²) < 4.78 is 63.2. The molecule has 1 aliphatic heterocycles. The standard InChI is InChI=1S/C22H18ClF4NO4/c1-4-31-18(29)10-28-17-6-5-13(9-14(17)19(11(2)3)21(28)30)32-20-15(23)7-12(8-16(20)24)22(25,26)27/h5-9H,4,10H2,1-3H3. The lowest BCUT2D eigenvalue weighted by molar-refractivity contribution is -0.142. The maximum absolute atomic E-state index is 14.3. The molecule has 0 fully saturated rings. The lowest BCUT2D eigenvalue weighted by atomic mass is 10.0. The van der Waals surface area contributed by atoms with Crippen LogP contribution in [0.1, 0.15) is 31.9 Å². The summed E-state index contributed by atoms with van der Waals surface area (Å²) in [4.78, 5) is 26.1. The van der Waals surface area contributed by atoms with Crippen LogP contribution in [0.15, 0.2) is 35.9 Å². The van der Waals surface area contributed by atoms with Crippen molar-refractivity contribution < 1.29 is 36.6 Å². The second-order valence-electron chi connectivity index (χ2n) is 7.12. The van der Waals surface area contributed by atoms with Crippen LogP contribution >= 0.6 is 11.6 Å². The van der Waals surface area contributed by atoms with Crippen LogP contribution in [-0.4, -0.2) is 25.0 Å². The second-order valence-corrected chi connectivity index (χ2v) is 7.53. The molecule has 1 aliphatic rings. The number of ether oxygens (including phenoxy) is 2. The summed E-state index contributed by atoms with van der Waals surface area (Å²) in [5.41, 5.74) is 0.603. The molecule has 170 valence electrons. The van der Waals surface area contributed by atoms with Gasteiger partial charge in [0.05, 0.1) is 22.9 Å². The SMILES string of the molecule is CCOC(=O)CN1C(=O)C(=C(C)C)c2cc(Oc3c(F)cc(C(F)(F)F)cc3Cl)ccc21. The fourth-order valence-corrected chi connectivity index (χ4v) is 3.54. The van der Waals surface area contributed by atoms with Gasteiger partial charge in [-0.15, -0.1) is 0 Å². The molecule has 3 rings (SSSR count). The predicted octanol–water partition coefficient (Wildman–Crippen LogP) is 5.99. The Kier molecular flexibility index (Phi) is 6.50. The average Bonchev–Trinajstić information content (AvgIpc) is 2.95. The van der Waals surface area contributed by atoms with Gasteiger partial charge in [-0.2, -0.15) is 13.2 Å². The van der Waals surface area contributed by atoms with Gasteiger partial charge >= 0.3 is 12.1 Å². The van der Waals surface area contributed by atoms with Crippen molar-refractivity contribution in [2.75, 3.05) is 18.1 Å². The van der Waals surface area contributed by atoms with Gasteiger partial charge in [0.15, 0.2) is 11.6 Å². The van der Waals surface area contributed by atoms with E-state index in [4.69, 9.17) is 21.1 Å². The zero-order valence-electron chi connectivity index (χ0n) is 17.3. The van der Waals surface area contributed by atoms with Crippen LogP contribution in [0, 0.1) is 5.82 Å². The van der Waals surface area contributed by atoms with Crippen LogP contribution in [0.25, 0.3) is 5.57 Å². The van der Waals surface area contributed by atoms with Gasteiger partial charge in [0.25, 0.3) is 5.91 Å². The number of alkyl halides is 3. The Balaban J connectivity index is 1.99. The lowest BCUT2D eigenvalue weighted by Gasteiger charge is -2.16. The first kappa shape index (κ1) is 23.6. The van der Waals surface area contributed by atoms with Crippen molar-refractivity contribution in [3.63, 3.8) is 0 Å². The first-order valence-corrected chi connectivity index (χ1v) is 9.85. The molecule has 0 unspecified atom stereocenters. The molecule has 0 aliphatic carbocycles.